The summed E-state index contributed by atoms with van der Waals surface area (Å²) in [5.41, 5.74) is -0.104. The van der Waals surface area contributed by atoms with E-state index in [-0.39, 0.29) is 55.1 Å². The van der Waals surface area contributed by atoms with Crippen LogP contribution in [0.3, 0.4) is 0 Å². The first-order chi connectivity index (χ1) is 37.8. The number of likely N-dealkylation sites (tertiary alicyclic amines) is 1. The van der Waals surface area contributed by atoms with Crippen molar-refractivity contribution >= 4 is 70.8 Å². The molecule has 1 aromatic carbocycles. The van der Waals surface area contributed by atoms with E-state index in [2.05, 4.69) is 21.3 Å². The van der Waals surface area contributed by atoms with E-state index >= 15 is 0 Å². The molecule has 0 aromatic heterocycles. The maximum Gasteiger partial charge on any atom is 0.248 e. The van der Waals surface area contributed by atoms with Crippen LogP contribution in [0, 0.1) is 17.8 Å². The number of piperidine rings is 1. The zero-order chi connectivity index (χ0) is 61.2. The number of rotatable bonds is 12. The minimum absolute atomic E-state index is 0.0000603. The standard InChI is InChI=1S/C58H96N10O12S/c1-17-37(6)49-53(75)61-43(56(78)68-26-22-19-23-27-68)33-81-34-47(71)64(13)38(7)50(72)59-41(30-40-24-20-18-21-25-40)54(76)66(15)45(29-36(4)5)52(74)62-48(39(8)69)57(79)63(12)31-46(70)65(14)44(28-35(2)3)51(73)60-42(55(77)67(49)16)32-80-58(9,10)11/h18,20-21,24-25,35-39,41-45,48-49,69H,17,19,22-23,26-34H2,1-16H3,(H,59,72)(H,60,73)(H,61,75)(H,62,74)/t37-,38-,39+,41-,42-,43-,44-,45+,48-,49-/m0/s1. The topological polar surface area (TPSA) is 268 Å². The number of nitrogens with one attached hydrogen (secondary N) is 4. The summed E-state index contributed by atoms with van der Waals surface area (Å²) < 4.78 is 6.10. The van der Waals surface area contributed by atoms with E-state index in [1.54, 1.807) is 62.9 Å². The van der Waals surface area contributed by atoms with Gasteiger partial charge < -0.3 is 60.5 Å². The van der Waals surface area contributed by atoms with E-state index in [0.29, 0.717) is 25.1 Å². The minimum Gasteiger partial charge on any atom is -0.391 e. The molecule has 5 N–H and O–H groups in total. The third kappa shape index (κ3) is 20.8. The molecule has 0 saturated carbocycles. The molecule has 456 valence electrons. The molecule has 0 bridgehead atoms. The van der Waals surface area contributed by atoms with Crippen LogP contribution in [0.25, 0.3) is 0 Å². The molecule has 0 spiro atoms. The number of aliphatic hydroxyl groups is 1. The molecule has 10 amide bonds. The number of benzene rings is 1. The molecule has 0 aliphatic carbocycles. The fraction of sp³-hybridized carbons (Fsp3) is 0.724. The van der Waals surface area contributed by atoms with Crippen molar-refractivity contribution in [2.24, 2.45) is 17.8 Å². The van der Waals surface area contributed by atoms with E-state index in [1.807, 2.05) is 34.6 Å². The molecule has 3 rings (SSSR count). The van der Waals surface area contributed by atoms with Gasteiger partial charge in [0.1, 0.15) is 48.3 Å². The Hall–Kier alpha value is -5.81. The molecule has 23 heteroatoms. The number of thioether (sulfide) groups is 1. The Kier molecular flexibility index (Phi) is 27.6. The SMILES string of the molecule is CC[C@H](C)[C@H]1C(=O)N[C@H](C(=O)N2CCCCC2)CSCC(=O)N(C)[C@@H](C)C(=O)N[C@@H](Cc2ccccc2)C(=O)N(C)[C@H](CC(C)C)C(=O)N[C@@H]([C@@H](C)O)C(=O)N(C)CC(=O)N(C)[C@@H](CC(C)C)C(=O)N[C@@H](COC(C)(C)C)C(=O)N1C. The summed E-state index contributed by atoms with van der Waals surface area (Å²) in [4.78, 5) is 152. The second-order valence-corrected chi connectivity index (χ2v) is 24.9. The van der Waals surface area contributed by atoms with Crippen molar-refractivity contribution in [3.8, 4) is 0 Å². The zero-order valence-electron chi connectivity index (χ0n) is 51.0. The van der Waals surface area contributed by atoms with Crippen LogP contribution in [0.5, 0.6) is 0 Å². The Labute approximate surface area is 485 Å². The lowest BCUT2D eigenvalue weighted by Gasteiger charge is -2.37. The van der Waals surface area contributed by atoms with Crippen LogP contribution >= 0.6 is 11.8 Å². The van der Waals surface area contributed by atoms with Gasteiger partial charge in [-0.05, 0) is 90.0 Å². The van der Waals surface area contributed by atoms with Crippen molar-refractivity contribution in [3.05, 3.63) is 35.9 Å². The molecule has 22 nitrogen and oxygen atoms in total. The number of carbonyl (C=O) groups excluding carboxylic acids is 10. The van der Waals surface area contributed by atoms with Crippen LogP contribution < -0.4 is 21.3 Å². The van der Waals surface area contributed by atoms with Gasteiger partial charge in [0.25, 0.3) is 0 Å². The highest BCUT2D eigenvalue weighted by Gasteiger charge is 2.42. The van der Waals surface area contributed by atoms with Gasteiger partial charge in [-0.15, -0.1) is 11.8 Å². The number of aliphatic hydroxyl groups excluding tert-OH is 1. The lowest BCUT2D eigenvalue weighted by Crippen LogP contribution is -2.62. The van der Waals surface area contributed by atoms with E-state index in [0.717, 1.165) is 35.9 Å². The molecular weight excluding hydrogens is 1060 g/mol. The molecule has 2 aliphatic heterocycles. The number of likely N-dealkylation sites (N-methyl/N-ethyl adjacent to an activating group) is 5. The molecule has 2 fully saturated rings. The van der Waals surface area contributed by atoms with Gasteiger partial charge in [0.15, 0.2) is 0 Å². The van der Waals surface area contributed by atoms with Crippen LogP contribution in [-0.4, -0.2) is 227 Å². The maximum absolute atomic E-state index is 14.9. The Balaban J connectivity index is 2.22. The molecule has 0 radical (unpaired) electrons. The Morgan fingerprint density at radius 1 is 0.679 bits per heavy atom. The zero-order valence-corrected chi connectivity index (χ0v) is 51.9. The number of carbonyl (C=O) groups is 10. The van der Waals surface area contributed by atoms with E-state index < -0.39 is 126 Å². The predicted molar refractivity (Wildman–Crippen MR) is 311 cm³/mol. The van der Waals surface area contributed by atoms with Crippen LogP contribution in [0.1, 0.15) is 120 Å². The number of nitrogens with zero attached hydrogens (tertiary/aromatic N) is 6. The first kappa shape index (κ1) is 69.5. The summed E-state index contributed by atoms with van der Waals surface area (Å²) in [5.74, 6) is -7.57. The smallest absolute Gasteiger partial charge is 0.248 e. The van der Waals surface area contributed by atoms with Crippen molar-refractivity contribution in [1.82, 2.24) is 50.7 Å². The quantitative estimate of drug-likeness (QED) is 0.201. The van der Waals surface area contributed by atoms with Gasteiger partial charge in [0.2, 0.25) is 59.1 Å². The lowest BCUT2D eigenvalue weighted by atomic mass is 9.95. The van der Waals surface area contributed by atoms with Crippen molar-refractivity contribution in [3.63, 3.8) is 0 Å². The van der Waals surface area contributed by atoms with Gasteiger partial charge >= 0.3 is 0 Å². The van der Waals surface area contributed by atoms with Crippen LogP contribution in [0.15, 0.2) is 30.3 Å². The van der Waals surface area contributed by atoms with Crippen molar-refractivity contribution in [2.75, 3.05) is 73.0 Å². The van der Waals surface area contributed by atoms with Gasteiger partial charge in [-0.25, -0.2) is 0 Å². The average molecular weight is 1160 g/mol. The number of hydrogen-bond donors (Lipinski definition) is 5. The summed E-state index contributed by atoms with van der Waals surface area (Å²) in [6, 6.07) is -1.15. The van der Waals surface area contributed by atoms with E-state index in [1.165, 1.54) is 68.7 Å². The first-order valence-corrected chi connectivity index (χ1v) is 29.7. The molecule has 2 aliphatic rings. The van der Waals surface area contributed by atoms with Gasteiger partial charge in [-0.1, -0.05) is 78.3 Å². The molecule has 1 aromatic rings. The predicted octanol–water partition coefficient (Wildman–Crippen LogP) is 2.05. The monoisotopic (exact) mass is 1160 g/mol. The minimum atomic E-state index is -1.60. The highest BCUT2D eigenvalue weighted by Crippen LogP contribution is 2.22. The molecule has 81 heavy (non-hydrogen) atoms. The lowest BCUT2D eigenvalue weighted by molar-refractivity contribution is -0.149. The summed E-state index contributed by atoms with van der Waals surface area (Å²) in [6.45, 7) is 19.2. The molecule has 0 unspecified atom stereocenters. The normalized spacial score (nSPS) is 26.1. The van der Waals surface area contributed by atoms with Gasteiger partial charge in [0, 0.05) is 60.5 Å². The Morgan fingerprint density at radius 2 is 1.22 bits per heavy atom. The second-order valence-electron chi connectivity index (χ2n) is 23.8. The average Bonchev–Trinajstić information content (AvgIpc) is 3.47. The first-order valence-electron chi connectivity index (χ1n) is 28.5. The van der Waals surface area contributed by atoms with Crippen LogP contribution in [-0.2, 0) is 59.1 Å². The summed E-state index contributed by atoms with van der Waals surface area (Å²) in [5, 5.41) is 22.3. The van der Waals surface area contributed by atoms with Gasteiger partial charge in [-0.3, -0.25) is 47.9 Å². The van der Waals surface area contributed by atoms with Crippen molar-refractivity contribution in [1.29, 1.82) is 0 Å². The number of hydrogen-bond acceptors (Lipinski definition) is 13. The fourth-order valence-corrected chi connectivity index (χ4v) is 10.6. The third-order valence-electron chi connectivity index (χ3n) is 15.0. The Bertz CT molecular complexity index is 2310. The Morgan fingerprint density at radius 3 is 1.77 bits per heavy atom. The molecule has 10 atom stereocenters. The number of ether oxygens (including phenoxy) is 1. The molecule has 2 heterocycles. The maximum atomic E-state index is 14.9. The van der Waals surface area contributed by atoms with Crippen molar-refractivity contribution in [2.45, 2.75) is 181 Å². The van der Waals surface area contributed by atoms with Gasteiger partial charge in [0.05, 0.1) is 30.6 Å². The third-order valence-corrected chi connectivity index (χ3v) is 16.0. The van der Waals surface area contributed by atoms with E-state index in [4.69, 9.17) is 4.74 Å². The van der Waals surface area contributed by atoms with Crippen molar-refractivity contribution < 1.29 is 57.8 Å². The highest BCUT2D eigenvalue weighted by atomic mass is 32.2. The molecular formula is C58H96N10O12S. The second kappa shape index (κ2) is 32.1. The fourth-order valence-electron chi connectivity index (χ4n) is 9.68. The van der Waals surface area contributed by atoms with Crippen LogP contribution in [0.2, 0.25) is 0 Å². The van der Waals surface area contributed by atoms with E-state index in [9.17, 15) is 53.1 Å². The van der Waals surface area contributed by atoms with Gasteiger partial charge in [-0.2, -0.15) is 0 Å². The molecule has 2 saturated heterocycles. The summed E-state index contributed by atoms with van der Waals surface area (Å²) in [6.07, 6.45) is 1.63. The highest BCUT2D eigenvalue weighted by molar-refractivity contribution is 8.00. The van der Waals surface area contributed by atoms with Crippen LogP contribution in [0.4, 0.5) is 0 Å². The summed E-state index contributed by atoms with van der Waals surface area (Å²) in [7, 11) is 7.00. The summed E-state index contributed by atoms with van der Waals surface area (Å²) >= 11 is 1.08. The largest absolute Gasteiger partial charge is 0.391 e. The number of amides is 10.